The Morgan fingerprint density at radius 2 is 1.92 bits per heavy atom. The summed E-state index contributed by atoms with van der Waals surface area (Å²) in [5, 5.41) is 9.05. The van der Waals surface area contributed by atoms with Crippen molar-refractivity contribution in [2.75, 3.05) is 0 Å². The maximum absolute atomic E-state index is 9.05. The van der Waals surface area contributed by atoms with E-state index in [1.165, 1.54) is 0 Å². The third-order valence-corrected chi connectivity index (χ3v) is 3.49. The molecule has 1 aliphatic carbocycles. The highest BCUT2D eigenvalue weighted by atomic mass is 32.2. The van der Waals surface area contributed by atoms with Gasteiger partial charge in [-0.05, 0) is 18.8 Å². The van der Waals surface area contributed by atoms with Crippen LogP contribution in [0.15, 0.2) is 0 Å². The summed E-state index contributed by atoms with van der Waals surface area (Å²) in [6, 6.07) is 2.46. The first kappa shape index (κ1) is 9.92. The van der Waals surface area contributed by atoms with Crippen LogP contribution in [0.3, 0.4) is 0 Å². The lowest BCUT2D eigenvalue weighted by Crippen LogP contribution is -2.41. The van der Waals surface area contributed by atoms with Crippen molar-refractivity contribution in [2.45, 2.75) is 50.0 Å². The maximum Gasteiger partial charge on any atom is 0.103 e. The summed E-state index contributed by atoms with van der Waals surface area (Å²) in [4.78, 5) is 0. The number of thioether (sulfide) groups is 1. The third-order valence-electron chi connectivity index (χ3n) is 2.06. The molecule has 1 rings (SSSR count). The topological polar surface area (TPSA) is 23.8 Å². The fourth-order valence-corrected chi connectivity index (χ4v) is 3.80. The lowest BCUT2D eigenvalue weighted by molar-refractivity contribution is 0.301. The van der Waals surface area contributed by atoms with E-state index < -0.39 is 0 Å². The molecule has 0 aromatic heterocycles. The molecule has 2 heteroatoms. The molecule has 1 aliphatic rings. The van der Waals surface area contributed by atoms with Crippen LogP contribution in [0.2, 0.25) is 0 Å². The minimum atomic E-state index is -0.0579. The molecule has 0 aliphatic heterocycles. The number of nitriles is 1. The molecule has 1 saturated carbocycles. The van der Waals surface area contributed by atoms with Crippen molar-refractivity contribution < 1.29 is 0 Å². The van der Waals surface area contributed by atoms with Gasteiger partial charge in [0.1, 0.15) is 4.75 Å². The summed E-state index contributed by atoms with van der Waals surface area (Å²) in [6.45, 7) is 8.76. The molecule has 1 fully saturated rings. The first-order valence-corrected chi connectivity index (χ1v) is 5.30. The van der Waals surface area contributed by atoms with E-state index in [1.54, 1.807) is 0 Å². The van der Waals surface area contributed by atoms with Gasteiger partial charge in [0.2, 0.25) is 0 Å². The van der Waals surface area contributed by atoms with Gasteiger partial charge in [-0.3, -0.25) is 0 Å². The van der Waals surface area contributed by atoms with Gasteiger partial charge in [-0.2, -0.15) is 5.26 Å². The summed E-state index contributed by atoms with van der Waals surface area (Å²) in [6.07, 6.45) is 2.15. The minimum Gasteiger partial charge on any atom is -0.197 e. The Balaban J connectivity index is 2.56. The van der Waals surface area contributed by atoms with E-state index in [-0.39, 0.29) is 9.49 Å². The third kappa shape index (κ3) is 2.17. The van der Waals surface area contributed by atoms with E-state index in [0.717, 1.165) is 18.8 Å². The number of hydrogen-bond acceptors (Lipinski definition) is 2. The van der Waals surface area contributed by atoms with Crippen LogP contribution in [0.25, 0.3) is 0 Å². The first-order chi connectivity index (χ1) is 5.37. The fourth-order valence-electron chi connectivity index (χ4n) is 1.85. The van der Waals surface area contributed by atoms with Crippen LogP contribution in [-0.2, 0) is 0 Å². The van der Waals surface area contributed by atoms with E-state index in [4.69, 9.17) is 5.26 Å². The Morgan fingerprint density at radius 3 is 2.17 bits per heavy atom. The van der Waals surface area contributed by atoms with E-state index in [2.05, 4.69) is 33.8 Å². The van der Waals surface area contributed by atoms with Gasteiger partial charge in [0, 0.05) is 4.75 Å². The Morgan fingerprint density at radius 1 is 1.42 bits per heavy atom. The monoisotopic (exact) mass is 183 g/mol. The van der Waals surface area contributed by atoms with Gasteiger partial charge in [0.15, 0.2) is 0 Å². The Kier molecular flexibility index (Phi) is 2.45. The summed E-state index contributed by atoms with van der Waals surface area (Å²) < 4.78 is 0.160. The zero-order valence-electron chi connectivity index (χ0n) is 8.35. The van der Waals surface area contributed by atoms with Crippen molar-refractivity contribution in [2.24, 2.45) is 5.92 Å². The molecular weight excluding hydrogens is 166 g/mol. The Bertz CT molecular complexity index is 203. The van der Waals surface area contributed by atoms with Crippen LogP contribution in [0.4, 0.5) is 0 Å². The van der Waals surface area contributed by atoms with E-state index in [9.17, 15) is 0 Å². The molecule has 0 spiro atoms. The summed E-state index contributed by atoms with van der Waals surface area (Å²) in [5.74, 6) is 0.750. The second-order valence-electron chi connectivity index (χ2n) is 4.83. The average molecular weight is 183 g/mol. The zero-order valence-corrected chi connectivity index (χ0v) is 9.16. The van der Waals surface area contributed by atoms with Gasteiger partial charge in [-0.15, -0.1) is 11.8 Å². The molecule has 0 radical (unpaired) electrons. The Hall–Kier alpha value is -0.160. The highest BCUT2D eigenvalue weighted by Crippen LogP contribution is 2.51. The summed E-state index contributed by atoms with van der Waals surface area (Å²) in [7, 11) is 0. The molecule has 0 N–H and O–H groups in total. The van der Waals surface area contributed by atoms with Gasteiger partial charge < -0.3 is 0 Å². The van der Waals surface area contributed by atoms with Crippen LogP contribution in [0, 0.1) is 17.2 Å². The van der Waals surface area contributed by atoms with Crippen LogP contribution in [0.1, 0.15) is 40.5 Å². The van der Waals surface area contributed by atoms with E-state index in [1.807, 2.05) is 11.8 Å². The predicted molar refractivity (Wildman–Crippen MR) is 54.1 cm³/mol. The molecule has 68 valence electrons. The van der Waals surface area contributed by atoms with Gasteiger partial charge >= 0.3 is 0 Å². The zero-order chi connectivity index (χ0) is 9.41. The number of hydrogen-bond donors (Lipinski definition) is 0. The van der Waals surface area contributed by atoms with Gasteiger partial charge in [-0.1, -0.05) is 27.7 Å². The second kappa shape index (κ2) is 2.96. The standard InChI is InChI=1S/C10H17NS/c1-8-5-10(6-8,7-11)12-9(2,3)4/h8H,5-6H2,1-4H3. The molecule has 0 unspecified atom stereocenters. The van der Waals surface area contributed by atoms with Crippen LogP contribution in [0.5, 0.6) is 0 Å². The normalized spacial score (nSPS) is 35.4. The molecule has 0 heterocycles. The van der Waals surface area contributed by atoms with E-state index in [0.29, 0.717) is 0 Å². The molecule has 0 amide bonds. The number of nitrogens with zero attached hydrogens (tertiary/aromatic N) is 1. The Labute approximate surface area is 79.5 Å². The van der Waals surface area contributed by atoms with Crippen molar-refractivity contribution in [3.8, 4) is 6.07 Å². The van der Waals surface area contributed by atoms with Crippen molar-refractivity contribution in [1.29, 1.82) is 5.26 Å². The largest absolute Gasteiger partial charge is 0.197 e. The van der Waals surface area contributed by atoms with Crippen molar-refractivity contribution in [1.82, 2.24) is 0 Å². The fraction of sp³-hybridized carbons (Fsp3) is 0.900. The first-order valence-electron chi connectivity index (χ1n) is 4.48. The molecule has 0 bridgehead atoms. The summed E-state index contributed by atoms with van der Waals surface area (Å²) >= 11 is 1.83. The molecule has 0 aromatic rings. The van der Waals surface area contributed by atoms with Crippen LogP contribution < -0.4 is 0 Å². The van der Waals surface area contributed by atoms with Gasteiger partial charge in [0.05, 0.1) is 6.07 Å². The van der Waals surface area contributed by atoms with Gasteiger partial charge in [-0.25, -0.2) is 0 Å². The molecule has 0 saturated heterocycles. The maximum atomic E-state index is 9.05. The smallest absolute Gasteiger partial charge is 0.103 e. The second-order valence-corrected chi connectivity index (χ2v) is 7.04. The lowest BCUT2D eigenvalue weighted by atomic mass is 9.76. The number of rotatable bonds is 1. The highest BCUT2D eigenvalue weighted by Gasteiger charge is 2.45. The van der Waals surface area contributed by atoms with Crippen molar-refractivity contribution in [3.05, 3.63) is 0 Å². The molecule has 0 atom stereocenters. The van der Waals surface area contributed by atoms with Crippen LogP contribution >= 0.6 is 11.8 Å². The molecular formula is C10H17NS. The van der Waals surface area contributed by atoms with Crippen molar-refractivity contribution in [3.63, 3.8) is 0 Å². The summed E-state index contributed by atoms with van der Waals surface area (Å²) in [5.41, 5.74) is 0. The molecule has 12 heavy (non-hydrogen) atoms. The quantitative estimate of drug-likeness (QED) is 0.623. The highest BCUT2D eigenvalue weighted by molar-refractivity contribution is 8.02. The average Bonchev–Trinajstić information content (AvgIpc) is 1.80. The molecule has 0 aromatic carbocycles. The molecule has 1 nitrogen and oxygen atoms in total. The van der Waals surface area contributed by atoms with Gasteiger partial charge in [0.25, 0.3) is 0 Å². The van der Waals surface area contributed by atoms with E-state index >= 15 is 0 Å². The predicted octanol–water partition coefficient (Wildman–Crippen LogP) is 3.21. The minimum absolute atomic E-state index is 0.0579. The van der Waals surface area contributed by atoms with Crippen LogP contribution in [-0.4, -0.2) is 9.49 Å². The van der Waals surface area contributed by atoms with Crippen molar-refractivity contribution >= 4 is 11.8 Å². The lowest BCUT2D eigenvalue weighted by Gasteiger charge is -2.43. The SMILES string of the molecule is CC1CC(C#N)(SC(C)(C)C)C1.